The number of ether oxygens (including phenoxy) is 2. The highest BCUT2D eigenvalue weighted by Gasteiger charge is 2.14. The predicted molar refractivity (Wildman–Crippen MR) is 54.1 cm³/mol. The largest absolute Gasteiger partial charge is 0.354 e. The van der Waals surface area contributed by atoms with Crippen LogP contribution in [0, 0.1) is 0 Å². The zero-order chi connectivity index (χ0) is 11.2. The molecule has 14 heavy (non-hydrogen) atoms. The zero-order valence-corrected chi connectivity index (χ0v) is 9.51. The van der Waals surface area contributed by atoms with Crippen molar-refractivity contribution in [2.75, 3.05) is 20.8 Å². The van der Waals surface area contributed by atoms with E-state index in [9.17, 15) is 4.79 Å². The molecule has 0 aromatic carbocycles. The maximum atomic E-state index is 11.3. The summed E-state index contributed by atoms with van der Waals surface area (Å²) < 4.78 is 9.83. The first-order chi connectivity index (χ1) is 6.39. The van der Waals surface area contributed by atoms with E-state index in [1.807, 2.05) is 20.8 Å². The van der Waals surface area contributed by atoms with Gasteiger partial charge in [-0.05, 0) is 20.8 Å². The van der Waals surface area contributed by atoms with Crippen LogP contribution in [0.1, 0.15) is 20.8 Å². The van der Waals surface area contributed by atoms with E-state index in [-0.39, 0.29) is 11.6 Å². The van der Waals surface area contributed by atoms with Crippen LogP contribution in [0.25, 0.3) is 0 Å². The van der Waals surface area contributed by atoms with Crippen LogP contribution >= 0.6 is 0 Å². The van der Waals surface area contributed by atoms with Gasteiger partial charge >= 0.3 is 6.03 Å². The molecule has 0 spiro atoms. The number of methoxy groups -OCH3 is 2. The third kappa shape index (κ3) is 6.68. The van der Waals surface area contributed by atoms with Crippen LogP contribution in [-0.2, 0) is 9.47 Å². The minimum atomic E-state index is -0.402. The predicted octanol–water partition coefficient (Wildman–Crippen LogP) is 0.703. The van der Waals surface area contributed by atoms with E-state index in [1.54, 1.807) is 0 Å². The van der Waals surface area contributed by atoms with E-state index >= 15 is 0 Å². The Morgan fingerprint density at radius 3 is 2.14 bits per heavy atom. The first-order valence-electron chi connectivity index (χ1n) is 4.50. The molecule has 0 aromatic heterocycles. The summed E-state index contributed by atoms with van der Waals surface area (Å²) in [5, 5.41) is 5.40. The number of amides is 2. The van der Waals surface area contributed by atoms with Crippen molar-refractivity contribution < 1.29 is 14.3 Å². The number of hydrogen-bond donors (Lipinski definition) is 2. The van der Waals surface area contributed by atoms with Gasteiger partial charge in [0.15, 0.2) is 6.29 Å². The lowest BCUT2D eigenvalue weighted by atomic mass is 10.1. The van der Waals surface area contributed by atoms with Crippen LogP contribution in [0.4, 0.5) is 4.79 Å². The minimum absolute atomic E-state index is 0.225. The Labute approximate surface area is 85.1 Å². The maximum Gasteiger partial charge on any atom is 0.315 e. The van der Waals surface area contributed by atoms with Crippen molar-refractivity contribution >= 4 is 6.03 Å². The highest BCUT2D eigenvalue weighted by atomic mass is 16.7. The van der Waals surface area contributed by atoms with Gasteiger partial charge in [0.05, 0.1) is 6.54 Å². The first kappa shape index (κ1) is 13.2. The van der Waals surface area contributed by atoms with Gasteiger partial charge in [0.1, 0.15) is 0 Å². The lowest BCUT2D eigenvalue weighted by Crippen LogP contribution is -2.48. The SMILES string of the molecule is COC(CNC(=O)NC(C)(C)C)OC. The molecular weight excluding hydrogens is 184 g/mol. The number of nitrogens with one attached hydrogen (secondary N) is 2. The summed E-state index contributed by atoms with van der Waals surface area (Å²) in [4.78, 5) is 11.3. The molecule has 0 aliphatic heterocycles. The van der Waals surface area contributed by atoms with Crippen LogP contribution in [0.3, 0.4) is 0 Å². The Bertz CT molecular complexity index is 173. The molecule has 5 nitrogen and oxygen atoms in total. The molecule has 0 bridgehead atoms. The Kier molecular flexibility index (Phi) is 5.49. The standard InChI is InChI=1S/C9H20N2O3/c1-9(2,3)11-8(12)10-6-7(13-4)14-5/h7H,6H2,1-5H3,(H2,10,11,12). The average molecular weight is 204 g/mol. The second kappa shape index (κ2) is 5.82. The van der Waals surface area contributed by atoms with Gasteiger partial charge < -0.3 is 20.1 Å². The number of rotatable bonds is 4. The monoisotopic (exact) mass is 204 g/mol. The van der Waals surface area contributed by atoms with Crippen LogP contribution in [0.2, 0.25) is 0 Å². The quantitative estimate of drug-likeness (QED) is 0.663. The molecule has 0 aliphatic carbocycles. The molecule has 0 aliphatic rings. The Morgan fingerprint density at radius 2 is 1.79 bits per heavy atom. The molecule has 0 saturated carbocycles. The number of urea groups is 1. The van der Waals surface area contributed by atoms with Crippen molar-refractivity contribution in [2.24, 2.45) is 0 Å². The van der Waals surface area contributed by atoms with Crippen molar-refractivity contribution in [3.05, 3.63) is 0 Å². The third-order valence-electron chi connectivity index (χ3n) is 1.44. The molecule has 0 radical (unpaired) electrons. The van der Waals surface area contributed by atoms with Gasteiger partial charge in [0.2, 0.25) is 0 Å². The van der Waals surface area contributed by atoms with Gasteiger partial charge in [0, 0.05) is 19.8 Å². The number of carbonyl (C=O) groups excluding carboxylic acids is 1. The molecule has 0 rings (SSSR count). The van der Waals surface area contributed by atoms with Gasteiger partial charge in [0.25, 0.3) is 0 Å². The Morgan fingerprint density at radius 1 is 1.29 bits per heavy atom. The summed E-state index contributed by atoms with van der Waals surface area (Å²) in [5.74, 6) is 0. The highest BCUT2D eigenvalue weighted by molar-refractivity contribution is 5.74. The molecule has 5 heteroatoms. The van der Waals surface area contributed by atoms with E-state index in [0.717, 1.165) is 0 Å². The molecule has 0 atom stereocenters. The van der Waals surface area contributed by atoms with E-state index in [0.29, 0.717) is 6.54 Å². The maximum absolute atomic E-state index is 11.3. The normalized spacial score (nSPS) is 11.6. The second-order valence-electron chi connectivity index (χ2n) is 3.99. The average Bonchev–Trinajstić information content (AvgIpc) is 2.03. The summed E-state index contributed by atoms with van der Waals surface area (Å²) in [6.45, 7) is 6.07. The molecule has 0 heterocycles. The van der Waals surface area contributed by atoms with Crippen LogP contribution in [0.15, 0.2) is 0 Å². The minimum Gasteiger partial charge on any atom is -0.354 e. The lowest BCUT2D eigenvalue weighted by molar-refractivity contribution is -0.0972. The molecule has 0 aromatic rings. The van der Waals surface area contributed by atoms with Gasteiger partial charge in [-0.3, -0.25) is 0 Å². The van der Waals surface area contributed by atoms with Crippen molar-refractivity contribution in [1.29, 1.82) is 0 Å². The number of hydrogen-bond acceptors (Lipinski definition) is 3. The molecule has 2 amide bonds. The van der Waals surface area contributed by atoms with Gasteiger partial charge in [-0.1, -0.05) is 0 Å². The van der Waals surface area contributed by atoms with Crippen LogP contribution in [0.5, 0.6) is 0 Å². The van der Waals surface area contributed by atoms with E-state index in [1.165, 1.54) is 14.2 Å². The van der Waals surface area contributed by atoms with Crippen molar-refractivity contribution in [3.63, 3.8) is 0 Å². The fourth-order valence-electron chi connectivity index (χ4n) is 0.824. The number of carbonyl (C=O) groups is 1. The summed E-state index contributed by atoms with van der Waals surface area (Å²) in [6.07, 6.45) is -0.402. The van der Waals surface area contributed by atoms with E-state index < -0.39 is 6.29 Å². The molecule has 0 fully saturated rings. The summed E-state index contributed by atoms with van der Waals surface area (Å²) >= 11 is 0. The summed E-state index contributed by atoms with van der Waals surface area (Å²) in [7, 11) is 3.05. The van der Waals surface area contributed by atoms with Crippen molar-refractivity contribution in [1.82, 2.24) is 10.6 Å². The molecule has 0 unspecified atom stereocenters. The van der Waals surface area contributed by atoms with E-state index in [2.05, 4.69) is 10.6 Å². The third-order valence-corrected chi connectivity index (χ3v) is 1.44. The zero-order valence-electron chi connectivity index (χ0n) is 9.51. The van der Waals surface area contributed by atoms with Crippen LogP contribution < -0.4 is 10.6 Å². The molecule has 84 valence electrons. The molecule has 2 N–H and O–H groups in total. The summed E-state index contributed by atoms with van der Waals surface area (Å²) in [6, 6.07) is -0.225. The topological polar surface area (TPSA) is 59.6 Å². The molecular formula is C9H20N2O3. The molecule has 0 saturated heterocycles. The van der Waals surface area contributed by atoms with Crippen LogP contribution in [-0.4, -0.2) is 38.6 Å². The highest BCUT2D eigenvalue weighted by Crippen LogP contribution is 1.97. The van der Waals surface area contributed by atoms with Crippen molar-refractivity contribution in [2.45, 2.75) is 32.6 Å². The second-order valence-corrected chi connectivity index (χ2v) is 3.99. The Hall–Kier alpha value is -0.810. The Balaban J connectivity index is 3.74. The van der Waals surface area contributed by atoms with Gasteiger partial charge in [-0.15, -0.1) is 0 Å². The fraction of sp³-hybridized carbons (Fsp3) is 0.889. The lowest BCUT2D eigenvalue weighted by Gasteiger charge is -2.22. The van der Waals surface area contributed by atoms with E-state index in [4.69, 9.17) is 9.47 Å². The van der Waals surface area contributed by atoms with Gasteiger partial charge in [-0.25, -0.2) is 4.79 Å². The fourth-order valence-corrected chi connectivity index (χ4v) is 0.824. The first-order valence-corrected chi connectivity index (χ1v) is 4.50. The smallest absolute Gasteiger partial charge is 0.315 e. The van der Waals surface area contributed by atoms with Crippen molar-refractivity contribution in [3.8, 4) is 0 Å². The summed E-state index contributed by atoms with van der Waals surface area (Å²) in [5.41, 5.74) is -0.236. The van der Waals surface area contributed by atoms with Gasteiger partial charge in [-0.2, -0.15) is 0 Å².